The summed E-state index contributed by atoms with van der Waals surface area (Å²) in [5.41, 5.74) is 1.82. The van der Waals surface area contributed by atoms with Gasteiger partial charge in [0, 0.05) is 48.6 Å². The van der Waals surface area contributed by atoms with Crippen LogP contribution in [0.2, 0.25) is 0 Å². The van der Waals surface area contributed by atoms with Gasteiger partial charge < -0.3 is 14.8 Å². The molecule has 3 aromatic rings. The Morgan fingerprint density at radius 2 is 1.97 bits per heavy atom. The first-order chi connectivity index (χ1) is 13.5. The van der Waals surface area contributed by atoms with Gasteiger partial charge in [0.2, 0.25) is 5.88 Å². The van der Waals surface area contributed by atoms with Crippen LogP contribution >= 0.6 is 11.8 Å². The zero-order valence-electron chi connectivity index (χ0n) is 16.2. The van der Waals surface area contributed by atoms with Crippen LogP contribution in [0.25, 0.3) is 10.9 Å². The minimum Gasteiger partial charge on any atom is -0.506 e. The van der Waals surface area contributed by atoms with E-state index in [1.54, 1.807) is 18.2 Å². The molecule has 0 amide bonds. The number of benzene rings is 2. The molecule has 1 N–H and O–H groups in total. The summed E-state index contributed by atoms with van der Waals surface area (Å²) in [5.74, 6) is 1.17. The number of aromatic nitrogens is 1. The first kappa shape index (κ1) is 20.4. The van der Waals surface area contributed by atoms with E-state index in [1.165, 1.54) is 6.42 Å². The molecule has 1 aliphatic carbocycles. The van der Waals surface area contributed by atoms with E-state index in [0.29, 0.717) is 33.9 Å². The number of aromatic hydroxyl groups is 1. The van der Waals surface area contributed by atoms with E-state index in [2.05, 4.69) is 24.9 Å². The average Bonchev–Trinajstić information content (AvgIpc) is 3.24. The fourth-order valence-corrected chi connectivity index (χ4v) is 5.53. The molecule has 6 heteroatoms. The number of thioether (sulfide) groups is 1. The molecule has 1 saturated carbocycles. The number of hydrogen-bond acceptors (Lipinski definition) is 5. The van der Waals surface area contributed by atoms with Crippen LogP contribution in [0.5, 0.6) is 17.4 Å². The summed E-state index contributed by atoms with van der Waals surface area (Å²) in [5, 5.41) is 12.5. The minimum atomic E-state index is 0. The maximum atomic E-state index is 10.0. The SMILES string of the molecule is CC1(C)CC[C@@H]2N=C(c3[c-]c(Oc4ccc5cccc(O)c5n4)ccc3)S[C@@H]21.[Pt]. The largest absolute Gasteiger partial charge is 0.506 e. The van der Waals surface area contributed by atoms with Crippen LogP contribution in [0.4, 0.5) is 0 Å². The van der Waals surface area contributed by atoms with Gasteiger partial charge >= 0.3 is 0 Å². The fraction of sp³-hybridized carbons (Fsp3) is 0.304. The number of hydrogen-bond donors (Lipinski definition) is 1. The molecule has 0 bridgehead atoms. The topological polar surface area (TPSA) is 54.7 Å². The quantitative estimate of drug-likeness (QED) is 0.409. The van der Waals surface area contributed by atoms with Crippen molar-refractivity contribution in [3.05, 3.63) is 60.2 Å². The van der Waals surface area contributed by atoms with Crippen molar-refractivity contribution in [2.75, 3.05) is 0 Å². The summed E-state index contributed by atoms with van der Waals surface area (Å²) < 4.78 is 5.93. The Labute approximate surface area is 189 Å². The Morgan fingerprint density at radius 3 is 2.79 bits per heavy atom. The normalized spacial score (nSPS) is 22.1. The Morgan fingerprint density at radius 1 is 1.14 bits per heavy atom. The molecule has 0 spiro atoms. The molecule has 2 atom stereocenters. The van der Waals surface area contributed by atoms with Crippen LogP contribution in [0.3, 0.4) is 0 Å². The first-order valence-corrected chi connectivity index (χ1v) is 10.4. The maximum absolute atomic E-state index is 10.0. The summed E-state index contributed by atoms with van der Waals surface area (Å²) in [6.45, 7) is 4.68. The molecule has 2 aliphatic rings. The van der Waals surface area contributed by atoms with E-state index in [0.717, 1.165) is 22.4 Å². The van der Waals surface area contributed by atoms with Crippen molar-refractivity contribution >= 4 is 27.7 Å². The number of nitrogens with zero attached hydrogens (tertiary/aromatic N) is 2. The summed E-state index contributed by atoms with van der Waals surface area (Å²) >= 11 is 1.87. The van der Waals surface area contributed by atoms with Crippen LogP contribution in [0.15, 0.2) is 53.5 Å². The monoisotopic (exact) mass is 584 g/mol. The van der Waals surface area contributed by atoms with Crippen molar-refractivity contribution < 1.29 is 30.9 Å². The molecule has 1 aromatic heterocycles. The second-order valence-electron chi connectivity index (χ2n) is 8.10. The third-order valence-corrected chi connectivity index (χ3v) is 7.37. The Hall–Kier alpha value is -1.84. The third kappa shape index (κ3) is 3.83. The molecular formula is C23H21N2O2PtS-. The second kappa shape index (κ2) is 7.77. The number of fused-ring (bicyclic) bond motifs is 2. The Bertz CT molecular complexity index is 1100. The predicted octanol–water partition coefficient (Wildman–Crippen LogP) is 5.58. The number of phenolic OH excluding ortho intramolecular Hbond substituents is 1. The van der Waals surface area contributed by atoms with Gasteiger partial charge in [-0.05, 0) is 30.4 Å². The Kier molecular flexibility index (Phi) is 5.47. The van der Waals surface area contributed by atoms with Crippen molar-refractivity contribution in [2.24, 2.45) is 10.4 Å². The van der Waals surface area contributed by atoms with E-state index < -0.39 is 0 Å². The molecule has 2 aromatic carbocycles. The van der Waals surface area contributed by atoms with Gasteiger partial charge in [-0.3, -0.25) is 0 Å². The molecule has 0 saturated heterocycles. The van der Waals surface area contributed by atoms with E-state index in [1.807, 2.05) is 42.1 Å². The Balaban J connectivity index is 0.00000205. The maximum Gasteiger partial charge on any atom is 0.217 e. The van der Waals surface area contributed by atoms with Gasteiger partial charge in [-0.15, -0.1) is 23.8 Å². The number of aliphatic imine (C=N–C) groups is 1. The number of pyridine rings is 1. The van der Waals surface area contributed by atoms with Crippen molar-refractivity contribution in [2.45, 2.75) is 38.0 Å². The second-order valence-corrected chi connectivity index (χ2v) is 9.23. The van der Waals surface area contributed by atoms with E-state index in [4.69, 9.17) is 9.73 Å². The van der Waals surface area contributed by atoms with Gasteiger partial charge in [0.1, 0.15) is 11.3 Å². The number of para-hydroxylation sites is 1. The molecule has 4 nitrogen and oxygen atoms in total. The standard InChI is InChI=1S/C23H21N2O2S.Pt/c1-23(2)12-11-17-21(23)28-22(24-17)15-6-3-7-16(13-15)27-19-10-9-14-5-4-8-18(26)20(14)25-19;/h3-10,17,21,26H,11-12H2,1-2H3;/q-1;/t17-,21-;/m0./s1. The first-order valence-electron chi connectivity index (χ1n) is 9.53. The number of rotatable bonds is 3. The van der Waals surface area contributed by atoms with Crippen LogP contribution < -0.4 is 4.74 Å². The predicted molar refractivity (Wildman–Crippen MR) is 113 cm³/mol. The molecule has 0 radical (unpaired) electrons. The average molecular weight is 585 g/mol. The van der Waals surface area contributed by atoms with Gasteiger partial charge in [0.15, 0.2) is 0 Å². The molecule has 1 aliphatic heterocycles. The van der Waals surface area contributed by atoms with Crippen molar-refractivity contribution in [3.8, 4) is 17.4 Å². The van der Waals surface area contributed by atoms with Gasteiger partial charge in [-0.2, -0.15) is 11.8 Å². The molecule has 5 rings (SSSR count). The number of ether oxygens (including phenoxy) is 1. The van der Waals surface area contributed by atoms with E-state index in [9.17, 15) is 5.11 Å². The summed E-state index contributed by atoms with van der Waals surface area (Å²) in [6.07, 6.45) is 2.40. The van der Waals surface area contributed by atoms with Crippen LogP contribution in [0, 0.1) is 11.5 Å². The van der Waals surface area contributed by atoms with Crippen molar-refractivity contribution in [3.63, 3.8) is 0 Å². The molecule has 1 fully saturated rings. The van der Waals surface area contributed by atoms with Crippen molar-refractivity contribution in [1.29, 1.82) is 0 Å². The van der Waals surface area contributed by atoms with Crippen LogP contribution in [-0.2, 0) is 21.1 Å². The van der Waals surface area contributed by atoms with Gasteiger partial charge in [0.25, 0.3) is 0 Å². The summed E-state index contributed by atoms with van der Waals surface area (Å²) in [7, 11) is 0. The molecule has 29 heavy (non-hydrogen) atoms. The zero-order chi connectivity index (χ0) is 19.3. The van der Waals surface area contributed by atoms with Gasteiger partial charge in [0.05, 0.1) is 6.04 Å². The van der Waals surface area contributed by atoms with Crippen LogP contribution in [0.1, 0.15) is 32.3 Å². The molecule has 2 heterocycles. The van der Waals surface area contributed by atoms with Crippen LogP contribution in [-0.4, -0.2) is 26.4 Å². The van der Waals surface area contributed by atoms with Crippen molar-refractivity contribution in [1.82, 2.24) is 4.98 Å². The molecular weight excluding hydrogens is 563 g/mol. The molecule has 0 unspecified atom stereocenters. The zero-order valence-corrected chi connectivity index (χ0v) is 19.3. The van der Waals surface area contributed by atoms with E-state index >= 15 is 0 Å². The number of phenols is 1. The summed E-state index contributed by atoms with van der Waals surface area (Å²) in [6, 6.07) is 18.6. The minimum absolute atomic E-state index is 0. The van der Waals surface area contributed by atoms with E-state index in [-0.39, 0.29) is 26.8 Å². The van der Waals surface area contributed by atoms with Gasteiger partial charge in [-0.25, -0.2) is 4.98 Å². The van der Waals surface area contributed by atoms with Gasteiger partial charge in [-0.1, -0.05) is 32.0 Å². The third-order valence-electron chi connectivity index (χ3n) is 5.61. The summed E-state index contributed by atoms with van der Waals surface area (Å²) in [4.78, 5) is 9.40. The fourth-order valence-electron chi connectivity index (χ4n) is 4.05. The smallest absolute Gasteiger partial charge is 0.217 e. The molecule has 152 valence electrons.